The number of rotatable bonds is 1. The van der Waals surface area contributed by atoms with Crippen LogP contribution in [0.2, 0.25) is 0 Å². The number of halogens is 2. The Balaban J connectivity index is 3.37. The van der Waals surface area contributed by atoms with Gasteiger partial charge < -0.3 is 10.2 Å². The van der Waals surface area contributed by atoms with E-state index in [1.807, 2.05) is 0 Å². The van der Waals surface area contributed by atoms with E-state index in [0.717, 1.165) is 12.1 Å². The second-order valence-corrected chi connectivity index (χ2v) is 2.95. The summed E-state index contributed by atoms with van der Waals surface area (Å²) in [5, 5.41) is 17.3. The molecule has 0 amide bonds. The van der Waals surface area contributed by atoms with Crippen molar-refractivity contribution in [2.45, 2.75) is 0 Å². The normalized spacial score (nSPS) is 9.83. The number of carboxylic acids is 1. The fourth-order valence-corrected chi connectivity index (χ4v) is 1.18. The van der Waals surface area contributed by atoms with Crippen molar-refractivity contribution in [3.63, 3.8) is 0 Å². The lowest BCUT2D eigenvalue weighted by Crippen LogP contribution is -2.00. The summed E-state index contributed by atoms with van der Waals surface area (Å²) in [7, 11) is 0. The molecule has 1 aromatic carbocycles. The molecule has 1 aromatic rings. The van der Waals surface area contributed by atoms with Gasteiger partial charge >= 0.3 is 5.97 Å². The summed E-state index contributed by atoms with van der Waals surface area (Å²) in [6, 6.07) is 1.93. The highest BCUT2D eigenvalue weighted by Crippen LogP contribution is 2.24. The molecule has 0 atom stereocenters. The molecule has 12 heavy (non-hydrogen) atoms. The van der Waals surface area contributed by atoms with Crippen LogP contribution in [0.3, 0.4) is 0 Å². The predicted octanol–water partition coefficient (Wildman–Crippen LogP) is 1.99. The smallest absolute Gasteiger partial charge is 0.338 e. The Labute approximate surface area is 75.6 Å². The molecule has 5 heteroatoms. The van der Waals surface area contributed by atoms with E-state index in [1.165, 1.54) is 0 Å². The summed E-state index contributed by atoms with van der Waals surface area (Å²) < 4.78 is 12.8. The van der Waals surface area contributed by atoms with E-state index in [1.54, 1.807) is 0 Å². The van der Waals surface area contributed by atoms with Crippen LogP contribution in [-0.4, -0.2) is 16.2 Å². The molecule has 2 N–H and O–H groups in total. The minimum Gasteiger partial charge on any atom is -0.508 e. The maximum absolute atomic E-state index is 12.9. The van der Waals surface area contributed by atoms with Gasteiger partial charge in [-0.05, 0) is 28.1 Å². The van der Waals surface area contributed by atoms with Gasteiger partial charge in [0, 0.05) is 0 Å². The van der Waals surface area contributed by atoms with Crippen LogP contribution in [0.15, 0.2) is 16.6 Å². The standard InChI is InChI=1S/C7H4BrFO3/c8-5-2-3(10)1-4(6(5)9)7(11)12/h1-2,10H,(H,11,12). The van der Waals surface area contributed by atoms with Gasteiger partial charge in [0.1, 0.15) is 5.75 Å². The summed E-state index contributed by atoms with van der Waals surface area (Å²) in [6.07, 6.45) is 0. The van der Waals surface area contributed by atoms with Crippen molar-refractivity contribution >= 4 is 21.9 Å². The van der Waals surface area contributed by atoms with Gasteiger partial charge in [-0.25, -0.2) is 9.18 Å². The molecule has 1 rings (SSSR count). The SMILES string of the molecule is O=C(O)c1cc(O)cc(Br)c1F. The van der Waals surface area contributed by atoms with Crippen molar-refractivity contribution in [2.24, 2.45) is 0 Å². The molecule has 0 saturated carbocycles. The lowest BCUT2D eigenvalue weighted by atomic mass is 10.2. The van der Waals surface area contributed by atoms with E-state index in [9.17, 15) is 9.18 Å². The summed E-state index contributed by atoms with van der Waals surface area (Å²) in [5.74, 6) is -2.59. The van der Waals surface area contributed by atoms with Crippen molar-refractivity contribution in [2.75, 3.05) is 0 Å². The van der Waals surface area contributed by atoms with E-state index < -0.39 is 17.3 Å². The number of carbonyl (C=O) groups is 1. The predicted molar refractivity (Wildman–Crippen MR) is 42.7 cm³/mol. The van der Waals surface area contributed by atoms with Crippen LogP contribution in [0.25, 0.3) is 0 Å². The number of hydrogen-bond donors (Lipinski definition) is 2. The third kappa shape index (κ3) is 1.55. The summed E-state index contributed by atoms with van der Waals surface area (Å²) in [6.45, 7) is 0. The Kier molecular flexibility index (Phi) is 2.32. The van der Waals surface area contributed by atoms with E-state index >= 15 is 0 Å². The maximum atomic E-state index is 12.9. The molecule has 0 saturated heterocycles. The van der Waals surface area contributed by atoms with Crippen molar-refractivity contribution in [3.8, 4) is 5.75 Å². The highest BCUT2D eigenvalue weighted by molar-refractivity contribution is 9.10. The average Bonchev–Trinajstić information content (AvgIpc) is 1.96. The largest absolute Gasteiger partial charge is 0.508 e. The van der Waals surface area contributed by atoms with E-state index in [2.05, 4.69) is 15.9 Å². The lowest BCUT2D eigenvalue weighted by Gasteiger charge is -2.00. The summed E-state index contributed by atoms with van der Waals surface area (Å²) in [5.41, 5.74) is -0.554. The fourth-order valence-electron chi connectivity index (χ4n) is 0.730. The molecule has 3 nitrogen and oxygen atoms in total. The molecule has 0 aromatic heterocycles. The first-order chi connectivity index (χ1) is 5.52. The number of benzene rings is 1. The van der Waals surface area contributed by atoms with E-state index in [-0.39, 0.29) is 10.2 Å². The first-order valence-electron chi connectivity index (χ1n) is 2.93. The van der Waals surface area contributed by atoms with E-state index in [0.29, 0.717) is 0 Å². The second kappa shape index (κ2) is 3.10. The van der Waals surface area contributed by atoms with Gasteiger partial charge in [-0.3, -0.25) is 0 Å². The highest BCUT2D eigenvalue weighted by atomic mass is 79.9. The third-order valence-electron chi connectivity index (χ3n) is 1.24. The highest BCUT2D eigenvalue weighted by Gasteiger charge is 2.14. The van der Waals surface area contributed by atoms with Gasteiger partial charge in [-0.1, -0.05) is 0 Å². The molecule has 0 spiro atoms. The molecule has 0 aliphatic heterocycles. The minimum absolute atomic E-state index is 0.0695. The third-order valence-corrected chi connectivity index (χ3v) is 1.82. The van der Waals surface area contributed by atoms with Crippen LogP contribution in [0.1, 0.15) is 10.4 Å². The second-order valence-electron chi connectivity index (χ2n) is 2.09. The minimum atomic E-state index is -1.41. The Morgan fingerprint density at radius 3 is 2.58 bits per heavy atom. The molecule has 0 fully saturated rings. The quantitative estimate of drug-likeness (QED) is 0.782. The van der Waals surface area contributed by atoms with Crippen LogP contribution in [-0.2, 0) is 0 Å². The van der Waals surface area contributed by atoms with Crippen LogP contribution in [0, 0.1) is 5.82 Å². The molecular weight excluding hydrogens is 231 g/mol. The summed E-state index contributed by atoms with van der Waals surface area (Å²) >= 11 is 2.77. The van der Waals surface area contributed by atoms with Crippen LogP contribution >= 0.6 is 15.9 Å². The molecule has 0 radical (unpaired) electrons. The zero-order valence-electron chi connectivity index (χ0n) is 5.71. The van der Waals surface area contributed by atoms with Gasteiger partial charge in [0.25, 0.3) is 0 Å². The zero-order chi connectivity index (χ0) is 9.30. The van der Waals surface area contributed by atoms with Gasteiger partial charge in [0.05, 0.1) is 10.0 Å². The number of aromatic carboxylic acids is 1. The Hall–Kier alpha value is -1.10. The Morgan fingerprint density at radius 2 is 2.08 bits per heavy atom. The number of phenols is 1. The van der Waals surface area contributed by atoms with Crippen LogP contribution in [0.5, 0.6) is 5.75 Å². The number of hydrogen-bond acceptors (Lipinski definition) is 2. The van der Waals surface area contributed by atoms with Crippen LogP contribution in [0.4, 0.5) is 4.39 Å². The molecule has 0 aliphatic carbocycles. The molecule has 0 heterocycles. The molecule has 0 unspecified atom stereocenters. The topological polar surface area (TPSA) is 57.5 Å². The summed E-state index contributed by atoms with van der Waals surface area (Å²) in [4.78, 5) is 10.4. The van der Waals surface area contributed by atoms with Gasteiger partial charge in [-0.15, -0.1) is 0 Å². The number of carboxylic acid groups (broad SMARTS) is 1. The van der Waals surface area contributed by atoms with E-state index in [4.69, 9.17) is 10.2 Å². The molecular formula is C7H4BrFO3. The van der Waals surface area contributed by atoms with Crippen molar-refractivity contribution < 1.29 is 19.4 Å². The fraction of sp³-hybridized carbons (Fsp3) is 0. The van der Waals surface area contributed by atoms with Gasteiger partial charge in [0.15, 0.2) is 5.82 Å². The van der Waals surface area contributed by atoms with Gasteiger partial charge in [0.2, 0.25) is 0 Å². The molecule has 0 bridgehead atoms. The number of phenolic OH excluding ortho intramolecular Hbond substituents is 1. The average molecular weight is 235 g/mol. The van der Waals surface area contributed by atoms with Crippen molar-refractivity contribution in [1.82, 2.24) is 0 Å². The molecule has 0 aliphatic rings. The maximum Gasteiger partial charge on any atom is 0.338 e. The Morgan fingerprint density at radius 1 is 1.50 bits per heavy atom. The first kappa shape index (κ1) is 8.99. The van der Waals surface area contributed by atoms with Crippen molar-refractivity contribution in [3.05, 3.63) is 28.0 Å². The molecule has 64 valence electrons. The number of aromatic hydroxyl groups is 1. The van der Waals surface area contributed by atoms with Crippen LogP contribution < -0.4 is 0 Å². The monoisotopic (exact) mass is 234 g/mol. The van der Waals surface area contributed by atoms with Crippen molar-refractivity contribution in [1.29, 1.82) is 0 Å². The van der Waals surface area contributed by atoms with Gasteiger partial charge in [-0.2, -0.15) is 0 Å². The lowest BCUT2D eigenvalue weighted by molar-refractivity contribution is 0.0691. The Bertz CT molecular complexity index is 338. The first-order valence-corrected chi connectivity index (χ1v) is 3.73. The zero-order valence-corrected chi connectivity index (χ0v) is 7.30.